The first-order chi connectivity index (χ1) is 13.3. The number of guanidine groups is 1. The lowest BCUT2D eigenvalue weighted by atomic mass is 10.1. The van der Waals surface area contributed by atoms with Crippen LogP contribution in [0.4, 0.5) is 5.00 Å². The number of para-hydroxylation sites is 1. The van der Waals surface area contributed by atoms with E-state index in [1.807, 2.05) is 41.7 Å². The molecule has 0 unspecified atom stereocenters. The molecule has 146 valence electrons. The van der Waals surface area contributed by atoms with Gasteiger partial charge < -0.3 is 20.3 Å². The molecule has 0 saturated carbocycles. The molecule has 0 amide bonds. The van der Waals surface area contributed by atoms with Crippen LogP contribution in [0.15, 0.2) is 52.8 Å². The minimum absolute atomic E-state index is 0.486. The lowest BCUT2D eigenvalue weighted by molar-refractivity contribution is 0.313. The first kappa shape index (κ1) is 19.5. The van der Waals surface area contributed by atoms with Crippen LogP contribution in [0.1, 0.15) is 26.2 Å². The van der Waals surface area contributed by atoms with Gasteiger partial charge >= 0.3 is 0 Å². The van der Waals surface area contributed by atoms with E-state index in [9.17, 15) is 0 Å². The average Bonchev–Trinajstić information content (AvgIpc) is 3.24. The van der Waals surface area contributed by atoms with E-state index in [1.165, 1.54) is 5.00 Å². The first-order valence-corrected chi connectivity index (χ1v) is 10.7. The summed E-state index contributed by atoms with van der Waals surface area (Å²) >= 11 is 1.82. The zero-order chi connectivity index (χ0) is 18.7. The van der Waals surface area contributed by atoms with Gasteiger partial charge in [-0.1, -0.05) is 18.2 Å². The van der Waals surface area contributed by atoms with Crippen LogP contribution >= 0.6 is 11.3 Å². The number of hydrogen-bond donors (Lipinski definition) is 2. The normalized spacial score (nSPS) is 15.6. The van der Waals surface area contributed by atoms with Crippen LogP contribution in [0.2, 0.25) is 0 Å². The summed E-state index contributed by atoms with van der Waals surface area (Å²) in [7, 11) is 0. The smallest absolute Gasteiger partial charge is 0.191 e. The van der Waals surface area contributed by atoms with Crippen LogP contribution in [0.25, 0.3) is 0 Å². The number of anilines is 1. The van der Waals surface area contributed by atoms with E-state index in [-0.39, 0.29) is 0 Å². The van der Waals surface area contributed by atoms with Crippen molar-refractivity contribution in [1.29, 1.82) is 0 Å². The van der Waals surface area contributed by atoms with Gasteiger partial charge in [0, 0.05) is 38.6 Å². The van der Waals surface area contributed by atoms with Gasteiger partial charge in [0.2, 0.25) is 0 Å². The molecule has 5 nitrogen and oxygen atoms in total. The van der Waals surface area contributed by atoms with Gasteiger partial charge in [-0.05, 0) is 49.4 Å². The molecule has 1 aliphatic heterocycles. The van der Waals surface area contributed by atoms with E-state index >= 15 is 0 Å². The van der Waals surface area contributed by atoms with Crippen molar-refractivity contribution >= 4 is 22.3 Å². The fourth-order valence-corrected chi connectivity index (χ4v) is 3.95. The molecule has 1 aliphatic rings. The standard InChI is InChI=1S/C21H30N4OS/c1-2-22-21(23-13-7-16-26-19-8-4-3-5-9-19)24-18-11-14-25(15-12-18)20-10-6-17-27-20/h3-6,8-10,17-18H,2,7,11-16H2,1H3,(H2,22,23,24). The van der Waals surface area contributed by atoms with Gasteiger partial charge in [0.15, 0.2) is 5.96 Å². The summed E-state index contributed by atoms with van der Waals surface area (Å²) in [4.78, 5) is 7.19. The molecule has 3 rings (SSSR count). The maximum absolute atomic E-state index is 5.73. The van der Waals surface area contributed by atoms with Crippen molar-refractivity contribution in [3.63, 3.8) is 0 Å². The Bertz CT molecular complexity index is 667. The Morgan fingerprint density at radius 1 is 1.19 bits per heavy atom. The van der Waals surface area contributed by atoms with Crippen molar-refractivity contribution in [2.45, 2.75) is 32.2 Å². The predicted molar refractivity (Wildman–Crippen MR) is 115 cm³/mol. The van der Waals surface area contributed by atoms with E-state index in [0.29, 0.717) is 12.6 Å². The molecule has 2 aromatic rings. The molecular formula is C21H30N4OS. The average molecular weight is 387 g/mol. The topological polar surface area (TPSA) is 48.9 Å². The van der Waals surface area contributed by atoms with E-state index in [1.54, 1.807) is 0 Å². The highest BCUT2D eigenvalue weighted by atomic mass is 32.1. The molecule has 1 aromatic carbocycles. The van der Waals surface area contributed by atoms with Crippen molar-refractivity contribution < 1.29 is 4.74 Å². The largest absolute Gasteiger partial charge is 0.494 e. The zero-order valence-corrected chi connectivity index (χ0v) is 16.9. The molecule has 0 radical (unpaired) electrons. The van der Waals surface area contributed by atoms with E-state index < -0.39 is 0 Å². The number of aliphatic imine (C=N–C) groups is 1. The Balaban J connectivity index is 1.38. The predicted octanol–water partition coefficient (Wildman–Crippen LogP) is 3.74. The molecule has 27 heavy (non-hydrogen) atoms. The minimum atomic E-state index is 0.486. The van der Waals surface area contributed by atoms with E-state index in [2.05, 4.69) is 40.0 Å². The van der Waals surface area contributed by atoms with Crippen LogP contribution in [0, 0.1) is 0 Å². The molecule has 2 N–H and O–H groups in total. The molecule has 2 heterocycles. The Hall–Kier alpha value is -2.21. The fraction of sp³-hybridized carbons (Fsp3) is 0.476. The number of rotatable bonds is 8. The van der Waals surface area contributed by atoms with Crippen LogP contribution in [0.3, 0.4) is 0 Å². The summed E-state index contributed by atoms with van der Waals surface area (Å²) in [5, 5.41) is 10.5. The van der Waals surface area contributed by atoms with Crippen molar-refractivity contribution in [3.8, 4) is 5.75 Å². The first-order valence-electron chi connectivity index (χ1n) is 9.86. The lowest BCUT2D eigenvalue weighted by Gasteiger charge is -2.33. The number of piperidine rings is 1. The second-order valence-electron chi connectivity index (χ2n) is 6.63. The summed E-state index contributed by atoms with van der Waals surface area (Å²) in [6.45, 7) is 6.63. The third-order valence-electron chi connectivity index (χ3n) is 4.58. The maximum atomic E-state index is 5.73. The quantitative estimate of drug-likeness (QED) is 0.412. The Labute approximate surface area is 166 Å². The van der Waals surface area contributed by atoms with Crippen molar-refractivity contribution in [2.75, 3.05) is 37.7 Å². The monoisotopic (exact) mass is 386 g/mol. The summed E-state index contributed by atoms with van der Waals surface area (Å²) in [5.74, 6) is 1.84. The SMILES string of the molecule is CCNC(=NCCCOc1ccccc1)NC1CCN(c2cccs2)CC1. The summed E-state index contributed by atoms with van der Waals surface area (Å²) in [6.07, 6.45) is 3.18. The Morgan fingerprint density at radius 2 is 2.00 bits per heavy atom. The number of thiophene rings is 1. The number of benzene rings is 1. The summed E-state index contributed by atoms with van der Waals surface area (Å²) in [5.41, 5.74) is 0. The maximum Gasteiger partial charge on any atom is 0.191 e. The van der Waals surface area contributed by atoms with E-state index in [0.717, 1.165) is 57.2 Å². The highest BCUT2D eigenvalue weighted by Gasteiger charge is 2.20. The van der Waals surface area contributed by atoms with Gasteiger partial charge in [0.25, 0.3) is 0 Å². The lowest BCUT2D eigenvalue weighted by Crippen LogP contribution is -2.48. The van der Waals surface area contributed by atoms with Gasteiger partial charge in [0.1, 0.15) is 5.75 Å². The van der Waals surface area contributed by atoms with Crippen LogP contribution in [-0.4, -0.2) is 44.8 Å². The Morgan fingerprint density at radius 3 is 2.70 bits per heavy atom. The summed E-state index contributed by atoms with van der Waals surface area (Å²) < 4.78 is 5.73. The number of nitrogens with zero attached hydrogens (tertiary/aromatic N) is 2. The molecule has 0 bridgehead atoms. The van der Waals surface area contributed by atoms with Crippen molar-refractivity contribution in [2.24, 2.45) is 4.99 Å². The molecule has 1 fully saturated rings. The van der Waals surface area contributed by atoms with Crippen LogP contribution in [0.5, 0.6) is 5.75 Å². The minimum Gasteiger partial charge on any atom is -0.494 e. The van der Waals surface area contributed by atoms with Crippen LogP contribution < -0.4 is 20.3 Å². The fourth-order valence-electron chi connectivity index (χ4n) is 3.17. The van der Waals surface area contributed by atoms with E-state index in [4.69, 9.17) is 9.73 Å². The third-order valence-corrected chi connectivity index (χ3v) is 5.51. The second-order valence-corrected chi connectivity index (χ2v) is 7.56. The molecule has 0 spiro atoms. The Kier molecular flexibility index (Phi) is 7.84. The van der Waals surface area contributed by atoms with Gasteiger partial charge in [-0.3, -0.25) is 4.99 Å². The molecular weight excluding hydrogens is 356 g/mol. The number of nitrogens with one attached hydrogen (secondary N) is 2. The highest BCUT2D eigenvalue weighted by Crippen LogP contribution is 2.24. The van der Waals surface area contributed by atoms with Crippen LogP contribution in [-0.2, 0) is 0 Å². The molecule has 1 saturated heterocycles. The summed E-state index contributed by atoms with van der Waals surface area (Å²) in [6, 6.07) is 14.8. The second kappa shape index (κ2) is 10.8. The number of ether oxygens (including phenoxy) is 1. The van der Waals surface area contributed by atoms with Crippen molar-refractivity contribution in [3.05, 3.63) is 47.8 Å². The van der Waals surface area contributed by atoms with Gasteiger partial charge in [-0.25, -0.2) is 0 Å². The van der Waals surface area contributed by atoms with Gasteiger partial charge in [-0.15, -0.1) is 11.3 Å². The van der Waals surface area contributed by atoms with Gasteiger partial charge in [0.05, 0.1) is 11.6 Å². The molecule has 1 aromatic heterocycles. The highest BCUT2D eigenvalue weighted by molar-refractivity contribution is 7.14. The van der Waals surface area contributed by atoms with Gasteiger partial charge in [-0.2, -0.15) is 0 Å². The molecule has 0 atom stereocenters. The zero-order valence-electron chi connectivity index (χ0n) is 16.1. The molecule has 6 heteroatoms. The third kappa shape index (κ3) is 6.47. The van der Waals surface area contributed by atoms with Crippen molar-refractivity contribution in [1.82, 2.24) is 10.6 Å². The molecule has 0 aliphatic carbocycles. The number of hydrogen-bond acceptors (Lipinski definition) is 4.